The van der Waals surface area contributed by atoms with Crippen molar-refractivity contribution in [3.8, 4) is 5.75 Å². The number of amides is 3. The van der Waals surface area contributed by atoms with Crippen LogP contribution in [0.1, 0.15) is 70.6 Å². The lowest BCUT2D eigenvalue weighted by atomic mass is 9.87. The van der Waals surface area contributed by atoms with Gasteiger partial charge in [0, 0.05) is 30.7 Å². The number of nitrogens with one attached hydrogen (secondary N) is 2. The van der Waals surface area contributed by atoms with Gasteiger partial charge in [-0.2, -0.15) is 0 Å². The van der Waals surface area contributed by atoms with Crippen molar-refractivity contribution < 1.29 is 14.3 Å². The van der Waals surface area contributed by atoms with Crippen LogP contribution in [0.4, 0.5) is 10.5 Å². The Bertz CT molecular complexity index is 701. The van der Waals surface area contributed by atoms with Crippen molar-refractivity contribution >= 4 is 17.6 Å². The summed E-state index contributed by atoms with van der Waals surface area (Å²) >= 11 is 0. The van der Waals surface area contributed by atoms with Gasteiger partial charge in [-0.25, -0.2) is 4.79 Å². The minimum absolute atomic E-state index is 0.116. The zero-order valence-electron chi connectivity index (χ0n) is 17.9. The highest BCUT2D eigenvalue weighted by Gasteiger charge is 2.29. The third-order valence-electron chi connectivity index (χ3n) is 6.81. The maximum atomic E-state index is 12.7. The van der Waals surface area contributed by atoms with E-state index in [1.165, 1.54) is 32.1 Å². The minimum Gasteiger partial charge on any atom is -0.490 e. The van der Waals surface area contributed by atoms with E-state index >= 15 is 0 Å². The number of ether oxygens (including phenoxy) is 1. The Labute approximate surface area is 179 Å². The van der Waals surface area contributed by atoms with Crippen molar-refractivity contribution in [2.75, 3.05) is 18.4 Å². The largest absolute Gasteiger partial charge is 0.490 e. The van der Waals surface area contributed by atoms with Crippen molar-refractivity contribution in [1.29, 1.82) is 0 Å². The Morgan fingerprint density at radius 1 is 0.833 bits per heavy atom. The highest BCUT2D eigenvalue weighted by atomic mass is 16.5. The third kappa shape index (κ3) is 5.67. The molecule has 1 heterocycles. The summed E-state index contributed by atoms with van der Waals surface area (Å²) in [5.41, 5.74) is 0.760. The van der Waals surface area contributed by atoms with E-state index in [9.17, 15) is 9.59 Å². The number of nitrogens with zero attached hydrogens (tertiary/aromatic N) is 1. The first-order chi connectivity index (χ1) is 14.7. The lowest BCUT2D eigenvalue weighted by molar-refractivity contribution is -0.137. The summed E-state index contributed by atoms with van der Waals surface area (Å²) in [7, 11) is 0. The van der Waals surface area contributed by atoms with Crippen LogP contribution in [0.5, 0.6) is 5.75 Å². The molecular formula is C24H35N3O3. The van der Waals surface area contributed by atoms with Gasteiger partial charge in [-0.05, 0) is 75.6 Å². The van der Waals surface area contributed by atoms with Crippen LogP contribution in [0.15, 0.2) is 24.3 Å². The standard InChI is InChI=1S/C24H35N3O3/c28-23(18-6-2-1-3-7-18)27-16-14-20(15-17-27)26-24(29)25-19-10-12-22(13-11-19)30-21-8-4-5-9-21/h10-13,18,20-21H,1-9,14-17H2,(H2,25,26,29). The number of benzene rings is 1. The molecule has 164 valence electrons. The minimum atomic E-state index is -0.184. The fourth-order valence-electron chi connectivity index (χ4n) is 5.02. The molecule has 1 aliphatic heterocycles. The summed E-state index contributed by atoms with van der Waals surface area (Å²) in [6.45, 7) is 1.49. The molecule has 0 bridgehead atoms. The molecule has 4 rings (SSSR count). The SMILES string of the molecule is O=C(Nc1ccc(OC2CCCC2)cc1)NC1CCN(C(=O)C2CCCCC2)CC1. The monoisotopic (exact) mass is 413 g/mol. The first-order valence-electron chi connectivity index (χ1n) is 11.8. The van der Waals surface area contributed by atoms with Gasteiger partial charge in [0.1, 0.15) is 5.75 Å². The predicted molar refractivity (Wildman–Crippen MR) is 118 cm³/mol. The summed E-state index contributed by atoms with van der Waals surface area (Å²) in [5, 5.41) is 5.97. The van der Waals surface area contributed by atoms with Gasteiger partial charge >= 0.3 is 6.03 Å². The molecule has 2 saturated carbocycles. The molecule has 0 aromatic heterocycles. The van der Waals surface area contributed by atoms with Crippen LogP contribution in [-0.2, 0) is 4.79 Å². The van der Waals surface area contributed by atoms with E-state index in [0.717, 1.165) is 63.1 Å². The van der Waals surface area contributed by atoms with E-state index in [1.54, 1.807) is 0 Å². The summed E-state index contributed by atoms with van der Waals surface area (Å²) in [5.74, 6) is 1.42. The maximum Gasteiger partial charge on any atom is 0.319 e. The highest BCUT2D eigenvalue weighted by molar-refractivity contribution is 5.89. The Morgan fingerprint density at radius 2 is 1.47 bits per heavy atom. The van der Waals surface area contributed by atoms with Crippen molar-refractivity contribution in [2.24, 2.45) is 5.92 Å². The van der Waals surface area contributed by atoms with Crippen LogP contribution in [0.3, 0.4) is 0 Å². The molecule has 0 spiro atoms. The van der Waals surface area contributed by atoms with Crippen molar-refractivity contribution in [1.82, 2.24) is 10.2 Å². The first kappa shape index (κ1) is 21.0. The highest BCUT2D eigenvalue weighted by Crippen LogP contribution is 2.27. The molecule has 6 heteroatoms. The van der Waals surface area contributed by atoms with Crippen molar-refractivity contribution in [3.63, 3.8) is 0 Å². The fraction of sp³-hybridized carbons (Fsp3) is 0.667. The number of anilines is 1. The molecule has 6 nitrogen and oxygen atoms in total. The van der Waals surface area contributed by atoms with Crippen LogP contribution in [0.2, 0.25) is 0 Å². The molecule has 2 N–H and O–H groups in total. The molecule has 1 aromatic rings. The fourth-order valence-corrected chi connectivity index (χ4v) is 5.02. The average Bonchev–Trinajstić information content (AvgIpc) is 3.29. The van der Waals surface area contributed by atoms with Gasteiger partial charge < -0.3 is 20.3 Å². The lowest BCUT2D eigenvalue weighted by Crippen LogP contribution is -2.49. The quantitative estimate of drug-likeness (QED) is 0.735. The summed E-state index contributed by atoms with van der Waals surface area (Å²) in [6.07, 6.45) is 12.5. The summed E-state index contributed by atoms with van der Waals surface area (Å²) in [4.78, 5) is 27.1. The van der Waals surface area contributed by atoms with E-state index in [0.29, 0.717) is 12.0 Å². The molecule has 2 aliphatic carbocycles. The summed E-state index contributed by atoms with van der Waals surface area (Å²) in [6, 6.07) is 7.54. The molecule has 1 aromatic carbocycles. The maximum absolute atomic E-state index is 12.7. The molecule has 3 aliphatic rings. The second kappa shape index (κ2) is 10.2. The Balaban J connectivity index is 1.18. The number of hydrogen-bond donors (Lipinski definition) is 2. The number of urea groups is 1. The molecule has 1 saturated heterocycles. The molecule has 0 atom stereocenters. The molecule has 0 radical (unpaired) electrons. The van der Waals surface area contributed by atoms with Gasteiger partial charge in [0.15, 0.2) is 0 Å². The number of carbonyl (C=O) groups is 2. The Hall–Kier alpha value is -2.24. The third-order valence-corrected chi connectivity index (χ3v) is 6.81. The second-order valence-electron chi connectivity index (χ2n) is 9.08. The zero-order valence-corrected chi connectivity index (χ0v) is 17.9. The van der Waals surface area contributed by atoms with Crippen LogP contribution in [-0.4, -0.2) is 42.1 Å². The Kier molecular flexibility index (Phi) is 7.13. The smallest absolute Gasteiger partial charge is 0.319 e. The number of piperidine rings is 1. The molecule has 0 unspecified atom stereocenters. The van der Waals surface area contributed by atoms with Gasteiger partial charge in [0.25, 0.3) is 0 Å². The normalized spacial score (nSPS) is 21.4. The van der Waals surface area contributed by atoms with Crippen molar-refractivity contribution in [2.45, 2.75) is 82.8 Å². The van der Waals surface area contributed by atoms with Gasteiger partial charge in [-0.1, -0.05) is 19.3 Å². The molecule has 3 fully saturated rings. The van der Waals surface area contributed by atoms with E-state index in [2.05, 4.69) is 10.6 Å². The summed E-state index contributed by atoms with van der Waals surface area (Å²) < 4.78 is 5.97. The van der Waals surface area contributed by atoms with Gasteiger partial charge in [0.05, 0.1) is 6.10 Å². The van der Waals surface area contributed by atoms with Crippen LogP contribution < -0.4 is 15.4 Å². The zero-order chi connectivity index (χ0) is 20.8. The topological polar surface area (TPSA) is 70.7 Å². The lowest BCUT2D eigenvalue weighted by Gasteiger charge is -2.35. The molecular weight excluding hydrogens is 378 g/mol. The molecule has 30 heavy (non-hydrogen) atoms. The Morgan fingerprint density at radius 3 is 2.13 bits per heavy atom. The predicted octanol–water partition coefficient (Wildman–Crippen LogP) is 4.70. The van der Waals surface area contributed by atoms with Crippen molar-refractivity contribution in [3.05, 3.63) is 24.3 Å². The first-order valence-corrected chi connectivity index (χ1v) is 11.8. The van der Waals surface area contributed by atoms with Gasteiger partial charge in [-0.3, -0.25) is 4.79 Å². The average molecular weight is 414 g/mol. The number of likely N-dealkylation sites (tertiary alicyclic amines) is 1. The van der Waals surface area contributed by atoms with E-state index in [-0.39, 0.29) is 18.0 Å². The molecule has 3 amide bonds. The van der Waals surface area contributed by atoms with Crippen LogP contribution in [0.25, 0.3) is 0 Å². The number of carbonyl (C=O) groups excluding carboxylic acids is 2. The van der Waals surface area contributed by atoms with E-state index in [1.807, 2.05) is 29.2 Å². The number of rotatable bonds is 5. The van der Waals surface area contributed by atoms with E-state index in [4.69, 9.17) is 4.74 Å². The van der Waals surface area contributed by atoms with Gasteiger partial charge in [-0.15, -0.1) is 0 Å². The van der Waals surface area contributed by atoms with E-state index < -0.39 is 0 Å². The van der Waals surface area contributed by atoms with Crippen LogP contribution >= 0.6 is 0 Å². The van der Waals surface area contributed by atoms with Gasteiger partial charge in [0.2, 0.25) is 5.91 Å². The van der Waals surface area contributed by atoms with Crippen LogP contribution in [0, 0.1) is 5.92 Å². The second-order valence-corrected chi connectivity index (χ2v) is 9.08. The number of hydrogen-bond acceptors (Lipinski definition) is 3.